The van der Waals surface area contributed by atoms with Crippen LogP contribution in [0.1, 0.15) is 31.0 Å². The fraction of sp³-hybridized carbons (Fsp3) is 0.348. The van der Waals surface area contributed by atoms with Gasteiger partial charge in [0.1, 0.15) is 5.75 Å². The van der Waals surface area contributed by atoms with Crippen molar-refractivity contribution in [3.8, 4) is 23.0 Å². The first kappa shape index (κ1) is 22.1. The van der Waals surface area contributed by atoms with Crippen molar-refractivity contribution in [1.29, 1.82) is 0 Å². The van der Waals surface area contributed by atoms with Crippen molar-refractivity contribution in [2.45, 2.75) is 19.9 Å². The molecule has 0 heterocycles. The molecule has 6 heteroatoms. The van der Waals surface area contributed by atoms with E-state index >= 15 is 0 Å². The van der Waals surface area contributed by atoms with Gasteiger partial charge in [0.2, 0.25) is 11.7 Å². The van der Waals surface area contributed by atoms with E-state index in [0.29, 0.717) is 17.2 Å². The third-order valence-corrected chi connectivity index (χ3v) is 4.55. The summed E-state index contributed by atoms with van der Waals surface area (Å²) in [5.74, 6) is 2.39. The number of amides is 1. The van der Waals surface area contributed by atoms with E-state index in [2.05, 4.69) is 19.2 Å². The number of carbonyl (C=O) groups excluding carboxylic acids is 1. The molecule has 0 aromatic heterocycles. The van der Waals surface area contributed by atoms with Crippen molar-refractivity contribution in [3.63, 3.8) is 0 Å². The minimum atomic E-state index is -0.187. The molecule has 156 valence electrons. The summed E-state index contributed by atoms with van der Waals surface area (Å²) in [6.45, 7) is 4.14. The normalized spacial score (nSPS) is 12.0. The van der Waals surface area contributed by atoms with Crippen LogP contribution in [-0.2, 0) is 4.79 Å². The van der Waals surface area contributed by atoms with Gasteiger partial charge in [0.05, 0.1) is 34.5 Å². The van der Waals surface area contributed by atoms with E-state index in [1.54, 1.807) is 46.6 Å². The van der Waals surface area contributed by atoms with Crippen LogP contribution >= 0.6 is 0 Å². The number of nitrogens with one attached hydrogen (secondary N) is 1. The van der Waals surface area contributed by atoms with Crippen molar-refractivity contribution in [2.24, 2.45) is 5.92 Å². The van der Waals surface area contributed by atoms with E-state index in [1.807, 2.05) is 24.3 Å². The zero-order valence-electron chi connectivity index (χ0n) is 17.8. The molecule has 0 saturated heterocycles. The Morgan fingerprint density at radius 2 is 1.48 bits per heavy atom. The molecular formula is C23H29NO5. The Kier molecular flexibility index (Phi) is 7.95. The molecule has 0 aliphatic heterocycles. The van der Waals surface area contributed by atoms with Crippen LogP contribution in [0.15, 0.2) is 42.5 Å². The molecule has 1 amide bonds. The van der Waals surface area contributed by atoms with E-state index in [9.17, 15) is 4.79 Å². The minimum Gasteiger partial charge on any atom is -0.497 e. The lowest BCUT2D eigenvalue weighted by molar-refractivity contribution is -0.117. The van der Waals surface area contributed by atoms with Crippen molar-refractivity contribution in [1.82, 2.24) is 5.32 Å². The average molecular weight is 399 g/mol. The summed E-state index contributed by atoms with van der Waals surface area (Å²) in [6.07, 6.45) is 3.21. The first-order valence-electron chi connectivity index (χ1n) is 9.36. The number of carbonyl (C=O) groups is 1. The van der Waals surface area contributed by atoms with Crippen LogP contribution < -0.4 is 24.3 Å². The Bertz CT molecular complexity index is 818. The van der Waals surface area contributed by atoms with Gasteiger partial charge in [0.25, 0.3) is 0 Å². The van der Waals surface area contributed by atoms with Gasteiger partial charge in [-0.05, 0) is 47.4 Å². The molecule has 2 aromatic rings. The second-order valence-corrected chi connectivity index (χ2v) is 6.80. The molecule has 0 saturated carbocycles. The van der Waals surface area contributed by atoms with Crippen LogP contribution in [0.3, 0.4) is 0 Å². The highest BCUT2D eigenvalue weighted by molar-refractivity contribution is 5.92. The smallest absolute Gasteiger partial charge is 0.244 e. The monoisotopic (exact) mass is 399 g/mol. The van der Waals surface area contributed by atoms with Crippen LogP contribution in [0.25, 0.3) is 6.08 Å². The molecule has 0 aliphatic carbocycles. The Morgan fingerprint density at radius 3 is 1.93 bits per heavy atom. The summed E-state index contributed by atoms with van der Waals surface area (Å²) >= 11 is 0. The number of ether oxygens (including phenoxy) is 4. The van der Waals surface area contributed by atoms with E-state index in [1.165, 1.54) is 6.08 Å². The number of rotatable bonds is 9. The van der Waals surface area contributed by atoms with Gasteiger partial charge < -0.3 is 24.3 Å². The second kappa shape index (κ2) is 10.4. The van der Waals surface area contributed by atoms with Gasteiger partial charge in [0, 0.05) is 6.08 Å². The van der Waals surface area contributed by atoms with Crippen LogP contribution in [0.4, 0.5) is 0 Å². The van der Waals surface area contributed by atoms with Crippen LogP contribution in [0, 0.1) is 5.92 Å². The Balaban J connectivity index is 2.18. The van der Waals surface area contributed by atoms with Gasteiger partial charge in [-0.2, -0.15) is 0 Å². The van der Waals surface area contributed by atoms with E-state index < -0.39 is 0 Å². The molecule has 6 nitrogen and oxygen atoms in total. The van der Waals surface area contributed by atoms with Gasteiger partial charge in [-0.15, -0.1) is 0 Å². The first-order valence-corrected chi connectivity index (χ1v) is 9.36. The topological polar surface area (TPSA) is 66.0 Å². The van der Waals surface area contributed by atoms with Crippen molar-refractivity contribution in [2.75, 3.05) is 28.4 Å². The Hall–Kier alpha value is -3.15. The van der Waals surface area contributed by atoms with Crippen LogP contribution in [0.5, 0.6) is 23.0 Å². The maximum atomic E-state index is 12.5. The molecule has 29 heavy (non-hydrogen) atoms. The zero-order chi connectivity index (χ0) is 21.4. The Morgan fingerprint density at radius 1 is 0.897 bits per heavy atom. The summed E-state index contributed by atoms with van der Waals surface area (Å²) < 4.78 is 21.2. The number of benzene rings is 2. The van der Waals surface area contributed by atoms with E-state index in [0.717, 1.165) is 16.9 Å². The highest BCUT2D eigenvalue weighted by atomic mass is 16.5. The molecule has 1 N–H and O–H groups in total. The molecule has 0 spiro atoms. The van der Waals surface area contributed by atoms with Gasteiger partial charge in [0.15, 0.2) is 11.5 Å². The molecule has 2 aromatic carbocycles. The van der Waals surface area contributed by atoms with Crippen LogP contribution in [-0.4, -0.2) is 34.3 Å². The van der Waals surface area contributed by atoms with E-state index in [-0.39, 0.29) is 17.9 Å². The summed E-state index contributed by atoms with van der Waals surface area (Å²) in [7, 11) is 6.29. The summed E-state index contributed by atoms with van der Waals surface area (Å²) in [5, 5.41) is 3.07. The maximum absolute atomic E-state index is 12.5. The predicted molar refractivity (Wildman–Crippen MR) is 114 cm³/mol. The summed E-state index contributed by atoms with van der Waals surface area (Å²) in [4.78, 5) is 12.5. The van der Waals surface area contributed by atoms with E-state index in [4.69, 9.17) is 18.9 Å². The Labute approximate surface area is 172 Å². The van der Waals surface area contributed by atoms with Crippen molar-refractivity contribution < 1.29 is 23.7 Å². The first-order chi connectivity index (χ1) is 13.9. The minimum absolute atomic E-state index is 0.113. The molecule has 0 fully saturated rings. The highest BCUT2D eigenvalue weighted by Crippen LogP contribution is 2.38. The largest absolute Gasteiger partial charge is 0.497 e. The number of hydrogen-bond acceptors (Lipinski definition) is 5. The standard InChI is InChI=1S/C23H29NO5/c1-15(2)22(17-8-10-18(26-3)11-9-17)24-21(25)12-7-16-13-19(27-4)23(29-6)20(14-16)28-5/h7-15,22H,1-6H3,(H,24,25)/b12-7+/t22-/m0/s1. The molecule has 2 rings (SSSR count). The predicted octanol–water partition coefficient (Wildman–Crippen LogP) is 4.25. The molecular weight excluding hydrogens is 370 g/mol. The molecule has 1 atom stereocenters. The SMILES string of the molecule is COc1ccc([C@@H](NC(=O)/C=C/c2cc(OC)c(OC)c(OC)c2)C(C)C)cc1. The lowest BCUT2D eigenvalue weighted by atomic mass is 9.96. The highest BCUT2D eigenvalue weighted by Gasteiger charge is 2.17. The summed E-state index contributed by atoms with van der Waals surface area (Å²) in [5.41, 5.74) is 1.79. The van der Waals surface area contributed by atoms with Crippen LogP contribution in [0.2, 0.25) is 0 Å². The molecule has 0 unspecified atom stereocenters. The van der Waals surface area contributed by atoms with Gasteiger partial charge in [-0.25, -0.2) is 0 Å². The third-order valence-electron chi connectivity index (χ3n) is 4.55. The zero-order valence-corrected chi connectivity index (χ0v) is 17.8. The van der Waals surface area contributed by atoms with Crippen molar-refractivity contribution in [3.05, 3.63) is 53.6 Å². The number of hydrogen-bond donors (Lipinski definition) is 1. The summed E-state index contributed by atoms with van der Waals surface area (Å²) in [6, 6.07) is 11.2. The molecule has 0 radical (unpaired) electrons. The average Bonchev–Trinajstić information content (AvgIpc) is 2.74. The fourth-order valence-corrected chi connectivity index (χ4v) is 3.02. The van der Waals surface area contributed by atoms with Gasteiger partial charge >= 0.3 is 0 Å². The van der Waals surface area contributed by atoms with Crippen molar-refractivity contribution >= 4 is 12.0 Å². The molecule has 0 aliphatic rings. The lowest BCUT2D eigenvalue weighted by Crippen LogP contribution is -2.30. The van der Waals surface area contributed by atoms with Gasteiger partial charge in [-0.1, -0.05) is 26.0 Å². The third kappa shape index (κ3) is 5.67. The quantitative estimate of drug-likeness (QED) is 0.639. The lowest BCUT2D eigenvalue weighted by Gasteiger charge is -2.22. The fourth-order valence-electron chi connectivity index (χ4n) is 3.02. The van der Waals surface area contributed by atoms with Gasteiger partial charge in [-0.3, -0.25) is 4.79 Å². The maximum Gasteiger partial charge on any atom is 0.244 e. The molecule has 0 bridgehead atoms. The number of methoxy groups -OCH3 is 4. The second-order valence-electron chi connectivity index (χ2n) is 6.80.